The third-order valence-electron chi connectivity index (χ3n) is 3.79. The first-order valence-electron chi connectivity index (χ1n) is 8.26. The lowest BCUT2D eigenvalue weighted by molar-refractivity contribution is 0.414. The van der Waals surface area contributed by atoms with E-state index >= 15 is 0 Å². The maximum absolute atomic E-state index is 10.1. The zero-order chi connectivity index (χ0) is 17.6. The Labute approximate surface area is 147 Å². The Kier molecular flexibility index (Phi) is 5.14. The molecule has 1 aromatic heterocycles. The number of methoxy groups -OCH3 is 1. The molecular formula is C20H21N3O2. The van der Waals surface area contributed by atoms with Gasteiger partial charge in [0, 0.05) is 6.54 Å². The minimum Gasteiger partial charge on any atom is -0.507 e. The van der Waals surface area contributed by atoms with Crippen molar-refractivity contribution in [3.8, 4) is 22.9 Å². The zero-order valence-electron chi connectivity index (χ0n) is 14.4. The fraction of sp³-hybridized carbons (Fsp3) is 0.200. The fourth-order valence-electron chi connectivity index (χ4n) is 2.58. The molecule has 0 bridgehead atoms. The first-order chi connectivity index (χ1) is 12.2. The van der Waals surface area contributed by atoms with Gasteiger partial charge in [0.25, 0.3) is 0 Å². The average Bonchev–Trinajstić information content (AvgIpc) is 3.03. The van der Waals surface area contributed by atoms with E-state index in [1.807, 2.05) is 53.2 Å². The summed E-state index contributed by atoms with van der Waals surface area (Å²) in [6.07, 6.45) is 4.75. The summed E-state index contributed by atoms with van der Waals surface area (Å²) in [5, 5.41) is 14.7. The molecule has 0 aliphatic heterocycles. The van der Waals surface area contributed by atoms with E-state index in [-0.39, 0.29) is 5.75 Å². The highest BCUT2D eigenvalue weighted by Crippen LogP contribution is 2.27. The van der Waals surface area contributed by atoms with Crippen molar-refractivity contribution in [2.75, 3.05) is 7.11 Å². The topological polar surface area (TPSA) is 60.2 Å². The second-order valence-electron chi connectivity index (χ2n) is 5.64. The number of phenolic OH excluding ortho intramolecular Hbond substituents is 1. The summed E-state index contributed by atoms with van der Waals surface area (Å²) in [5.74, 6) is 2.29. The number of hydrogen-bond acceptors (Lipinski definition) is 4. The number of aromatic hydroxyl groups is 1. The second kappa shape index (κ2) is 7.66. The second-order valence-corrected chi connectivity index (χ2v) is 5.64. The highest BCUT2D eigenvalue weighted by Gasteiger charge is 2.13. The van der Waals surface area contributed by atoms with Crippen LogP contribution in [0.25, 0.3) is 23.5 Å². The van der Waals surface area contributed by atoms with Crippen molar-refractivity contribution < 1.29 is 9.84 Å². The van der Waals surface area contributed by atoms with Crippen LogP contribution in [0.1, 0.15) is 24.7 Å². The van der Waals surface area contributed by atoms with Gasteiger partial charge in [-0.25, -0.2) is 9.67 Å². The molecule has 5 nitrogen and oxygen atoms in total. The molecule has 5 heteroatoms. The number of para-hydroxylation sites is 1. The van der Waals surface area contributed by atoms with Crippen LogP contribution in [-0.4, -0.2) is 27.0 Å². The maximum Gasteiger partial charge on any atom is 0.174 e. The van der Waals surface area contributed by atoms with Crippen molar-refractivity contribution in [2.45, 2.75) is 19.9 Å². The summed E-state index contributed by atoms with van der Waals surface area (Å²) < 4.78 is 7.07. The van der Waals surface area contributed by atoms with E-state index in [1.54, 1.807) is 19.2 Å². The predicted octanol–water partition coefficient (Wildman–Crippen LogP) is 4.24. The van der Waals surface area contributed by atoms with Gasteiger partial charge in [-0.3, -0.25) is 0 Å². The van der Waals surface area contributed by atoms with E-state index in [9.17, 15) is 5.11 Å². The van der Waals surface area contributed by atoms with Crippen LogP contribution in [0, 0.1) is 0 Å². The van der Waals surface area contributed by atoms with Crippen LogP contribution in [0.5, 0.6) is 11.5 Å². The Morgan fingerprint density at radius 2 is 1.96 bits per heavy atom. The summed E-state index contributed by atoms with van der Waals surface area (Å²) in [6, 6.07) is 15.0. The highest BCUT2D eigenvalue weighted by molar-refractivity contribution is 5.69. The van der Waals surface area contributed by atoms with Crippen LogP contribution in [0.15, 0.2) is 48.5 Å². The van der Waals surface area contributed by atoms with E-state index < -0.39 is 0 Å². The molecule has 0 aliphatic rings. The first-order valence-corrected chi connectivity index (χ1v) is 8.26. The van der Waals surface area contributed by atoms with Gasteiger partial charge in [0.15, 0.2) is 11.6 Å². The van der Waals surface area contributed by atoms with E-state index in [4.69, 9.17) is 4.74 Å². The molecule has 0 atom stereocenters. The number of aryl methyl sites for hydroxylation is 1. The molecule has 0 saturated heterocycles. The van der Waals surface area contributed by atoms with E-state index in [0.717, 1.165) is 24.3 Å². The van der Waals surface area contributed by atoms with Crippen molar-refractivity contribution in [2.24, 2.45) is 0 Å². The van der Waals surface area contributed by atoms with Gasteiger partial charge >= 0.3 is 0 Å². The molecule has 0 saturated carbocycles. The Balaban J connectivity index is 1.93. The number of nitrogens with zero attached hydrogens (tertiary/aromatic N) is 3. The molecule has 1 N–H and O–H groups in total. The van der Waals surface area contributed by atoms with Crippen molar-refractivity contribution in [1.82, 2.24) is 14.8 Å². The molecule has 0 unspecified atom stereocenters. The highest BCUT2D eigenvalue weighted by atomic mass is 16.5. The summed E-state index contributed by atoms with van der Waals surface area (Å²) in [7, 11) is 1.65. The van der Waals surface area contributed by atoms with E-state index in [1.165, 1.54) is 0 Å². The first kappa shape index (κ1) is 16.8. The average molecular weight is 335 g/mol. The van der Waals surface area contributed by atoms with Crippen LogP contribution in [0.2, 0.25) is 0 Å². The number of aromatic nitrogens is 3. The van der Waals surface area contributed by atoms with Gasteiger partial charge < -0.3 is 9.84 Å². The van der Waals surface area contributed by atoms with E-state index in [0.29, 0.717) is 17.2 Å². The molecule has 0 fully saturated rings. The Morgan fingerprint density at radius 3 is 2.72 bits per heavy atom. The predicted molar refractivity (Wildman–Crippen MR) is 99.3 cm³/mol. The molecule has 1 heterocycles. The Morgan fingerprint density at radius 1 is 1.12 bits per heavy atom. The van der Waals surface area contributed by atoms with Gasteiger partial charge in [0.1, 0.15) is 11.5 Å². The smallest absolute Gasteiger partial charge is 0.174 e. The molecule has 3 rings (SSSR count). The summed E-state index contributed by atoms with van der Waals surface area (Å²) in [5.41, 5.74) is 1.69. The van der Waals surface area contributed by atoms with Crippen molar-refractivity contribution >= 4 is 12.2 Å². The van der Waals surface area contributed by atoms with Gasteiger partial charge in [-0.1, -0.05) is 37.3 Å². The largest absolute Gasteiger partial charge is 0.507 e. The number of phenols is 1. The fourth-order valence-corrected chi connectivity index (χ4v) is 2.58. The summed E-state index contributed by atoms with van der Waals surface area (Å²) in [6.45, 7) is 2.83. The van der Waals surface area contributed by atoms with Gasteiger partial charge in [-0.05, 0) is 42.3 Å². The van der Waals surface area contributed by atoms with Gasteiger partial charge in [0.05, 0.1) is 12.7 Å². The van der Waals surface area contributed by atoms with Crippen LogP contribution >= 0.6 is 0 Å². The monoisotopic (exact) mass is 335 g/mol. The van der Waals surface area contributed by atoms with Crippen molar-refractivity contribution in [3.63, 3.8) is 0 Å². The van der Waals surface area contributed by atoms with Crippen LogP contribution < -0.4 is 4.74 Å². The molecular weight excluding hydrogens is 314 g/mol. The van der Waals surface area contributed by atoms with Crippen LogP contribution in [0.4, 0.5) is 0 Å². The molecule has 25 heavy (non-hydrogen) atoms. The third kappa shape index (κ3) is 3.88. The van der Waals surface area contributed by atoms with Gasteiger partial charge in [0.2, 0.25) is 0 Å². The number of rotatable bonds is 6. The van der Waals surface area contributed by atoms with Gasteiger partial charge in [-0.15, -0.1) is 0 Å². The van der Waals surface area contributed by atoms with Crippen LogP contribution in [0.3, 0.4) is 0 Å². The molecule has 0 aliphatic carbocycles. The van der Waals surface area contributed by atoms with Crippen molar-refractivity contribution in [3.05, 3.63) is 59.9 Å². The molecule has 0 spiro atoms. The molecule has 0 radical (unpaired) electrons. The minimum atomic E-state index is 0.204. The summed E-state index contributed by atoms with van der Waals surface area (Å²) in [4.78, 5) is 4.59. The third-order valence-corrected chi connectivity index (χ3v) is 3.79. The molecule has 2 aromatic carbocycles. The zero-order valence-corrected chi connectivity index (χ0v) is 14.4. The lowest BCUT2D eigenvalue weighted by Crippen LogP contribution is -2.01. The number of benzene rings is 2. The minimum absolute atomic E-state index is 0.204. The normalized spacial score (nSPS) is 11.1. The summed E-state index contributed by atoms with van der Waals surface area (Å²) >= 11 is 0. The number of ether oxygens (including phenoxy) is 1. The number of hydrogen-bond donors (Lipinski definition) is 1. The van der Waals surface area contributed by atoms with Crippen LogP contribution in [-0.2, 0) is 6.54 Å². The van der Waals surface area contributed by atoms with E-state index in [2.05, 4.69) is 17.0 Å². The maximum atomic E-state index is 10.1. The molecule has 0 amide bonds. The standard InChI is InChI=1S/C20H21N3O2/c1-3-13-23-20(17-9-4-5-10-18(17)24)21-19(22-23)12-11-15-7-6-8-16(14-15)25-2/h4-12,14,24H,3,13H2,1-2H3/b12-11+. The van der Waals surface area contributed by atoms with Crippen molar-refractivity contribution in [1.29, 1.82) is 0 Å². The molecule has 128 valence electrons. The SMILES string of the molecule is CCCn1nc(/C=C/c2cccc(OC)c2)nc1-c1ccccc1O. The molecule has 3 aromatic rings. The Hall–Kier alpha value is -3.08. The van der Waals surface area contributed by atoms with Gasteiger partial charge in [-0.2, -0.15) is 5.10 Å². The lowest BCUT2D eigenvalue weighted by atomic mass is 10.2. The quantitative estimate of drug-likeness (QED) is 0.732. The lowest BCUT2D eigenvalue weighted by Gasteiger charge is -2.05. The Bertz CT molecular complexity index is 884.